The highest BCUT2D eigenvalue weighted by Crippen LogP contribution is 2.23. The average molecular weight is 276 g/mol. The van der Waals surface area contributed by atoms with E-state index in [0.29, 0.717) is 12.1 Å². The number of amides is 2. The van der Waals surface area contributed by atoms with Crippen LogP contribution in [0.5, 0.6) is 0 Å². The second-order valence-electron chi connectivity index (χ2n) is 4.89. The minimum atomic E-state index is -0.519. The molecule has 1 aromatic rings. The van der Waals surface area contributed by atoms with Crippen LogP contribution >= 0.6 is 0 Å². The van der Waals surface area contributed by atoms with Crippen molar-refractivity contribution in [2.75, 3.05) is 10.6 Å². The SMILES string of the molecule is CC(=O)Nc1ccc(F)c(NC(=O)C[C@@H]2C=CCC2)c1. The highest BCUT2D eigenvalue weighted by molar-refractivity contribution is 5.93. The minimum Gasteiger partial charge on any atom is -0.326 e. The van der Waals surface area contributed by atoms with Crippen LogP contribution in [0.25, 0.3) is 0 Å². The van der Waals surface area contributed by atoms with E-state index in [2.05, 4.69) is 16.7 Å². The second-order valence-corrected chi connectivity index (χ2v) is 4.89. The molecule has 1 aliphatic rings. The molecule has 0 saturated heterocycles. The quantitative estimate of drug-likeness (QED) is 0.830. The fourth-order valence-electron chi connectivity index (χ4n) is 2.21. The van der Waals surface area contributed by atoms with Crippen LogP contribution in [0.1, 0.15) is 26.2 Å². The third-order valence-electron chi connectivity index (χ3n) is 3.12. The van der Waals surface area contributed by atoms with Crippen LogP contribution in [0.2, 0.25) is 0 Å². The van der Waals surface area contributed by atoms with Crippen LogP contribution in [0.4, 0.5) is 15.8 Å². The van der Waals surface area contributed by atoms with Crippen molar-refractivity contribution in [3.8, 4) is 0 Å². The summed E-state index contributed by atoms with van der Waals surface area (Å²) in [5.41, 5.74) is 0.540. The Bertz CT molecular complexity index is 555. The van der Waals surface area contributed by atoms with Crippen LogP contribution in [-0.4, -0.2) is 11.8 Å². The summed E-state index contributed by atoms with van der Waals surface area (Å²) in [5, 5.41) is 5.10. The summed E-state index contributed by atoms with van der Waals surface area (Å²) in [6.07, 6.45) is 6.37. The Morgan fingerprint density at radius 3 is 2.80 bits per heavy atom. The minimum absolute atomic E-state index is 0.0863. The standard InChI is InChI=1S/C15H17FN2O2/c1-10(19)17-12-6-7-13(16)14(9-12)18-15(20)8-11-4-2-3-5-11/h2,4,6-7,9,11H,3,5,8H2,1H3,(H,17,19)(H,18,20)/t11-/m1/s1. The number of halogens is 1. The molecule has 0 spiro atoms. The normalized spacial score (nSPS) is 17.0. The zero-order valence-corrected chi connectivity index (χ0v) is 11.3. The first-order valence-corrected chi connectivity index (χ1v) is 6.58. The lowest BCUT2D eigenvalue weighted by molar-refractivity contribution is -0.117. The number of carbonyl (C=O) groups excluding carboxylic acids is 2. The van der Waals surface area contributed by atoms with Gasteiger partial charge in [0, 0.05) is 19.0 Å². The Kier molecular flexibility index (Phi) is 4.50. The molecule has 0 fully saturated rings. The van der Waals surface area contributed by atoms with Crippen LogP contribution in [0, 0.1) is 11.7 Å². The molecule has 0 aliphatic heterocycles. The molecule has 0 heterocycles. The Morgan fingerprint density at radius 2 is 2.15 bits per heavy atom. The van der Waals surface area contributed by atoms with Crippen molar-refractivity contribution in [2.24, 2.45) is 5.92 Å². The molecule has 5 heteroatoms. The van der Waals surface area contributed by atoms with Gasteiger partial charge in [-0.1, -0.05) is 12.2 Å². The number of hydrogen-bond donors (Lipinski definition) is 2. The van der Waals surface area contributed by atoms with Crippen molar-refractivity contribution in [3.05, 3.63) is 36.2 Å². The van der Waals surface area contributed by atoms with Gasteiger partial charge in [-0.05, 0) is 37.0 Å². The van der Waals surface area contributed by atoms with Gasteiger partial charge < -0.3 is 10.6 Å². The Balaban J connectivity index is 2.01. The van der Waals surface area contributed by atoms with Gasteiger partial charge in [0.05, 0.1) is 5.69 Å². The molecule has 0 aromatic heterocycles. The van der Waals surface area contributed by atoms with E-state index in [1.54, 1.807) is 0 Å². The highest BCUT2D eigenvalue weighted by atomic mass is 19.1. The first-order valence-electron chi connectivity index (χ1n) is 6.58. The van der Waals surface area contributed by atoms with Crippen LogP contribution < -0.4 is 10.6 Å². The van der Waals surface area contributed by atoms with Gasteiger partial charge >= 0.3 is 0 Å². The molecule has 106 valence electrons. The number of nitrogens with one attached hydrogen (secondary N) is 2. The van der Waals surface area contributed by atoms with Gasteiger partial charge in [0.2, 0.25) is 11.8 Å². The van der Waals surface area contributed by atoms with Gasteiger partial charge in [0.25, 0.3) is 0 Å². The van der Waals surface area contributed by atoms with Crippen LogP contribution in [0.3, 0.4) is 0 Å². The van der Waals surface area contributed by atoms with Gasteiger partial charge in [-0.3, -0.25) is 9.59 Å². The summed E-state index contributed by atoms with van der Waals surface area (Å²) in [4.78, 5) is 22.8. The van der Waals surface area contributed by atoms with E-state index in [1.807, 2.05) is 6.08 Å². The maximum atomic E-state index is 13.6. The fraction of sp³-hybridized carbons (Fsp3) is 0.333. The number of carbonyl (C=O) groups is 2. The molecule has 2 rings (SSSR count). The first-order chi connectivity index (χ1) is 9.54. The predicted octanol–water partition coefficient (Wildman–Crippen LogP) is 3.08. The number of rotatable bonds is 4. The molecule has 0 unspecified atom stereocenters. The zero-order valence-electron chi connectivity index (χ0n) is 11.3. The summed E-state index contributed by atoms with van der Waals surface area (Å²) >= 11 is 0. The fourth-order valence-corrected chi connectivity index (χ4v) is 2.21. The van der Waals surface area contributed by atoms with E-state index in [-0.39, 0.29) is 23.4 Å². The van der Waals surface area contributed by atoms with E-state index in [1.165, 1.54) is 25.1 Å². The van der Waals surface area contributed by atoms with E-state index in [9.17, 15) is 14.0 Å². The summed E-state index contributed by atoms with van der Waals surface area (Å²) in [6.45, 7) is 1.37. The van der Waals surface area contributed by atoms with E-state index < -0.39 is 5.82 Å². The van der Waals surface area contributed by atoms with Gasteiger partial charge in [-0.25, -0.2) is 4.39 Å². The van der Waals surface area contributed by atoms with Crippen LogP contribution in [0.15, 0.2) is 30.4 Å². The van der Waals surface area contributed by atoms with Crippen LogP contribution in [-0.2, 0) is 9.59 Å². The molecule has 1 aliphatic carbocycles. The van der Waals surface area contributed by atoms with E-state index >= 15 is 0 Å². The number of allylic oxidation sites excluding steroid dienone is 2. The maximum Gasteiger partial charge on any atom is 0.225 e. The lowest BCUT2D eigenvalue weighted by Gasteiger charge is -2.11. The van der Waals surface area contributed by atoms with Gasteiger partial charge in [-0.2, -0.15) is 0 Å². The second kappa shape index (κ2) is 6.32. The summed E-state index contributed by atoms with van der Waals surface area (Å²) < 4.78 is 13.6. The third kappa shape index (κ3) is 3.91. The zero-order chi connectivity index (χ0) is 14.5. The first kappa shape index (κ1) is 14.2. The summed E-state index contributed by atoms with van der Waals surface area (Å²) in [6, 6.07) is 4.08. The molecule has 0 saturated carbocycles. The van der Waals surface area contributed by atoms with Crippen molar-refractivity contribution in [1.29, 1.82) is 0 Å². The molecule has 1 atom stereocenters. The van der Waals surface area contributed by atoms with Gasteiger partial charge in [0.15, 0.2) is 0 Å². The van der Waals surface area contributed by atoms with Gasteiger partial charge in [-0.15, -0.1) is 0 Å². The number of hydrogen-bond acceptors (Lipinski definition) is 2. The molecule has 2 amide bonds. The monoisotopic (exact) mass is 276 g/mol. The number of anilines is 2. The molecule has 0 radical (unpaired) electrons. The van der Waals surface area contributed by atoms with Crippen molar-refractivity contribution in [1.82, 2.24) is 0 Å². The topological polar surface area (TPSA) is 58.2 Å². The maximum absolute atomic E-state index is 13.6. The smallest absolute Gasteiger partial charge is 0.225 e. The Hall–Kier alpha value is -2.17. The molecule has 1 aromatic carbocycles. The molecular weight excluding hydrogens is 259 g/mol. The summed E-state index contributed by atoms with van der Waals surface area (Å²) in [7, 11) is 0. The third-order valence-corrected chi connectivity index (χ3v) is 3.12. The van der Waals surface area contributed by atoms with E-state index in [0.717, 1.165) is 12.8 Å². The predicted molar refractivity (Wildman–Crippen MR) is 75.8 cm³/mol. The van der Waals surface area contributed by atoms with Gasteiger partial charge in [0.1, 0.15) is 5.82 Å². The average Bonchev–Trinajstić information content (AvgIpc) is 2.85. The van der Waals surface area contributed by atoms with E-state index in [4.69, 9.17) is 0 Å². The molecule has 4 nitrogen and oxygen atoms in total. The molecular formula is C15H17FN2O2. The van der Waals surface area contributed by atoms with Crippen molar-refractivity contribution >= 4 is 23.2 Å². The lowest BCUT2D eigenvalue weighted by Crippen LogP contribution is -2.16. The lowest BCUT2D eigenvalue weighted by atomic mass is 10.1. The van der Waals surface area contributed by atoms with Crippen molar-refractivity contribution in [2.45, 2.75) is 26.2 Å². The Labute approximate surface area is 117 Å². The molecule has 20 heavy (non-hydrogen) atoms. The molecule has 2 N–H and O–H groups in total. The molecule has 0 bridgehead atoms. The largest absolute Gasteiger partial charge is 0.326 e. The van der Waals surface area contributed by atoms with Crippen molar-refractivity contribution in [3.63, 3.8) is 0 Å². The highest BCUT2D eigenvalue weighted by Gasteiger charge is 2.15. The van der Waals surface area contributed by atoms with Crippen molar-refractivity contribution < 1.29 is 14.0 Å². The Morgan fingerprint density at radius 1 is 1.35 bits per heavy atom. The number of benzene rings is 1. The summed E-state index contributed by atoms with van der Waals surface area (Å²) in [5.74, 6) is -0.753.